The lowest BCUT2D eigenvalue weighted by molar-refractivity contribution is -0.122. The monoisotopic (exact) mass is 291 g/mol. The summed E-state index contributed by atoms with van der Waals surface area (Å²) in [5.41, 5.74) is 6.66. The number of nitrogens with two attached hydrogens (primary N) is 1. The Kier molecular flexibility index (Phi) is 4.34. The number of nitrogens with one attached hydrogen (secondary N) is 2. The number of thiocarbonyl (C=S) groups is 1. The van der Waals surface area contributed by atoms with Crippen molar-refractivity contribution in [3.05, 3.63) is 35.4 Å². The van der Waals surface area contributed by atoms with Crippen LogP contribution in [0.2, 0.25) is 0 Å². The lowest BCUT2D eigenvalue weighted by Gasteiger charge is -2.14. The summed E-state index contributed by atoms with van der Waals surface area (Å²) >= 11 is 4.85. The van der Waals surface area contributed by atoms with Crippen LogP contribution in [0.15, 0.2) is 24.3 Å². The molecule has 5 nitrogen and oxygen atoms in total. The van der Waals surface area contributed by atoms with Gasteiger partial charge in [0.2, 0.25) is 5.91 Å². The van der Waals surface area contributed by atoms with Gasteiger partial charge in [0.15, 0.2) is 0 Å². The largest absolute Gasteiger partial charge is 0.389 e. The molecular weight excluding hydrogens is 274 g/mol. The minimum atomic E-state index is -0.557. The first-order valence-electron chi connectivity index (χ1n) is 6.48. The maximum absolute atomic E-state index is 12.0. The van der Waals surface area contributed by atoms with Crippen LogP contribution in [0.4, 0.5) is 0 Å². The lowest BCUT2D eigenvalue weighted by atomic mass is 10.1. The van der Waals surface area contributed by atoms with Gasteiger partial charge in [0.1, 0.15) is 11.0 Å². The van der Waals surface area contributed by atoms with Gasteiger partial charge in [-0.3, -0.25) is 9.59 Å². The molecule has 1 aromatic rings. The first-order valence-corrected chi connectivity index (χ1v) is 6.89. The third-order valence-electron chi connectivity index (χ3n) is 3.10. The van der Waals surface area contributed by atoms with Crippen molar-refractivity contribution in [2.24, 2.45) is 5.73 Å². The summed E-state index contributed by atoms with van der Waals surface area (Å²) in [4.78, 5) is 24.0. The smallest absolute Gasteiger partial charge is 0.251 e. The third kappa shape index (κ3) is 3.77. The zero-order valence-electron chi connectivity index (χ0n) is 11.2. The summed E-state index contributed by atoms with van der Waals surface area (Å²) < 4.78 is 0. The van der Waals surface area contributed by atoms with Crippen LogP contribution in [0.5, 0.6) is 0 Å². The van der Waals surface area contributed by atoms with Crippen molar-refractivity contribution in [3.8, 4) is 0 Å². The molecule has 1 aromatic carbocycles. The molecule has 1 atom stereocenters. The topological polar surface area (TPSA) is 84.2 Å². The molecule has 0 heterocycles. The van der Waals surface area contributed by atoms with Crippen molar-refractivity contribution < 1.29 is 9.59 Å². The number of amides is 2. The van der Waals surface area contributed by atoms with E-state index in [2.05, 4.69) is 10.6 Å². The molecule has 1 unspecified atom stereocenters. The Morgan fingerprint density at radius 1 is 1.25 bits per heavy atom. The van der Waals surface area contributed by atoms with Gasteiger partial charge in [0.05, 0.1) is 0 Å². The highest BCUT2D eigenvalue weighted by Crippen LogP contribution is 2.18. The molecule has 0 aromatic heterocycles. The van der Waals surface area contributed by atoms with Gasteiger partial charge in [-0.2, -0.15) is 0 Å². The van der Waals surface area contributed by atoms with Crippen LogP contribution in [0, 0.1) is 0 Å². The standard InChI is InChI=1S/C14H17N3O2S/c1-8(13(18)17-11-6-7-11)16-14(19)10-4-2-9(3-5-10)12(15)20/h2-5,8,11H,6-7H2,1H3,(H2,15,20)(H,16,19)(H,17,18). The predicted molar refractivity (Wildman–Crippen MR) is 80.4 cm³/mol. The van der Waals surface area contributed by atoms with E-state index < -0.39 is 6.04 Å². The number of hydrogen-bond acceptors (Lipinski definition) is 3. The van der Waals surface area contributed by atoms with Crippen LogP contribution in [0.3, 0.4) is 0 Å². The van der Waals surface area contributed by atoms with E-state index in [-0.39, 0.29) is 22.8 Å². The van der Waals surface area contributed by atoms with Crippen molar-refractivity contribution in [2.45, 2.75) is 31.8 Å². The van der Waals surface area contributed by atoms with Crippen molar-refractivity contribution in [2.75, 3.05) is 0 Å². The Morgan fingerprint density at radius 3 is 2.30 bits per heavy atom. The van der Waals surface area contributed by atoms with E-state index in [9.17, 15) is 9.59 Å². The van der Waals surface area contributed by atoms with Crippen molar-refractivity contribution in [1.82, 2.24) is 10.6 Å². The van der Waals surface area contributed by atoms with E-state index in [4.69, 9.17) is 18.0 Å². The zero-order valence-corrected chi connectivity index (χ0v) is 12.0. The maximum atomic E-state index is 12.0. The van der Waals surface area contributed by atoms with Gasteiger partial charge in [-0.05, 0) is 31.9 Å². The van der Waals surface area contributed by atoms with Crippen molar-refractivity contribution >= 4 is 29.0 Å². The molecule has 1 aliphatic rings. The van der Waals surface area contributed by atoms with Gasteiger partial charge in [-0.1, -0.05) is 24.4 Å². The van der Waals surface area contributed by atoms with Gasteiger partial charge in [0, 0.05) is 17.2 Å². The fourth-order valence-electron chi connectivity index (χ4n) is 1.69. The quantitative estimate of drug-likeness (QED) is 0.698. The van der Waals surface area contributed by atoms with Crippen LogP contribution < -0.4 is 16.4 Å². The van der Waals surface area contributed by atoms with Crippen molar-refractivity contribution in [1.29, 1.82) is 0 Å². The summed E-state index contributed by atoms with van der Waals surface area (Å²) in [6.45, 7) is 1.67. The lowest BCUT2D eigenvalue weighted by Crippen LogP contribution is -2.45. The number of hydrogen-bond donors (Lipinski definition) is 3. The fraction of sp³-hybridized carbons (Fsp3) is 0.357. The molecule has 1 fully saturated rings. The first kappa shape index (κ1) is 14.5. The molecule has 6 heteroatoms. The molecule has 0 aliphatic heterocycles. The molecule has 1 saturated carbocycles. The van der Waals surface area contributed by atoms with E-state index in [0.717, 1.165) is 12.8 Å². The van der Waals surface area contributed by atoms with Crippen LogP contribution in [-0.4, -0.2) is 28.9 Å². The molecule has 4 N–H and O–H groups in total. The normalized spacial score (nSPS) is 15.2. The van der Waals surface area contributed by atoms with Gasteiger partial charge in [-0.25, -0.2) is 0 Å². The van der Waals surface area contributed by atoms with Crippen LogP contribution in [0.1, 0.15) is 35.7 Å². The number of carbonyl (C=O) groups excluding carboxylic acids is 2. The van der Waals surface area contributed by atoms with Crippen LogP contribution in [-0.2, 0) is 4.79 Å². The van der Waals surface area contributed by atoms with Gasteiger partial charge in [-0.15, -0.1) is 0 Å². The minimum Gasteiger partial charge on any atom is -0.389 e. The Morgan fingerprint density at radius 2 is 1.80 bits per heavy atom. The molecule has 0 spiro atoms. The van der Waals surface area contributed by atoms with E-state index in [1.54, 1.807) is 31.2 Å². The maximum Gasteiger partial charge on any atom is 0.251 e. The highest BCUT2D eigenvalue weighted by atomic mass is 32.1. The van der Waals surface area contributed by atoms with E-state index in [1.165, 1.54) is 0 Å². The number of rotatable bonds is 5. The Balaban J connectivity index is 1.92. The highest BCUT2D eigenvalue weighted by Gasteiger charge is 2.26. The van der Waals surface area contributed by atoms with Crippen LogP contribution >= 0.6 is 12.2 Å². The minimum absolute atomic E-state index is 0.152. The summed E-state index contributed by atoms with van der Waals surface area (Å²) in [6, 6.07) is 6.37. The molecule has 20 heavy (non-hydrogen) atoms. The average molecular weight is 291 g/mol. The molecule has 0 bridgehead atoms. The molecular formula is C14H17N3O2S. The molecule has 2 rings (SSSR count). The summed E-state index contributed by atoms with van der Waals surface area (Å²) in [5, 5.41) is 5.51. The summed E-state index contributed by atoms with van der Waals surface area (Å²) in [7, 11) is 0. The van der Waals surface area contributed by atoms with Crippen molar-refractivity contribution in [3.63, 3.8) is 0 Å². The number of carbonyl (C=O) groups is 2. The van der Waals surface area contributed by atoms with Gasteiger partial charge >= 0.3 is 0 Å². The van der Waals surface area contributed by atoms with Gasteiger partial charge < -0.3 is 16.4 Å². The van der Waals surface area contributed by atoms with Crippen LogP contribution in [0.25, 0.3) is 0 Å². The second-order valence-electron chi connectivity index (χ2n) is 4.92. The molecule has 2 amide bonds. The third-order valence-corrected chi connectivity index (χ3v) is 3.33. The molecule has 0 radical (unpaired) electrons. The zero-order chi connectivity index (χ0) is 14.7. The van der Waals surface area contributed by atoms with E-state index in [0.29, 0.717) is 11.1 Å². The summed E-state index contributed by atoms with van der Waals surface area (Å²) in [5.74, 6) is -0.446. The molecule has 1 aliphatic carbocycles. The Labute approximate surface area is 122 Å². The second-order valence-corrected chi connectivity index (χ2v) is 5.36. The molecule has 0 saturated heterocycles. The van der Waals surface area contributed by atoms with Gasteiger partial charge in [0.25, 0.3) is 5.91 Å². The highest BCUT2D eigenvalue weighted by molar-refractivity contribution is 7.80. The SMILES string of the molecule is CC(NC(=O)c1ccc(C(N)=S)cc1)C(=O)NC1CC1. The fourth-order valence-corrected chi connectivity index (χ4v) is 1.82. The van der Waals surface area contributed by atoms with E-state index in [1.807, 2.05) is 0 Å². The van der Waals surface area contributed by atoms with E-state index >= 15 is 0 Å². The molecule has 106 valence electrons. The Bertz CT molecular complexity index is 538. The predicted octanol–water partition coefficient (Wildman–Crippen LogP) is 0.718. The first-order chi connectivity index (χ1) is 9.47. The average Bonchev–Trinajstić information content (AvgIpc) is 3.22. The summed E-state index contributed by atoms with van der Waals surface area (Å²) in [6.07, 6.45) is 2.04. The second kappa shape index (κ2) is 6.00. The number of benzene rings is 1. The Hall–Kier alpha value is -1.95.